The lowest BCUT2D eigenvalue weighted by Crippen LogP contribution is -2.38. The van der Waals surface area contributed by atoms with Crippen LogP contribution in [0.2, 0.25) is 4.34 Å². The minimum atomic E-state index is -0.437. The molecule has 0 radical (unpaired) electrons. The topological polar surface area (TPSA) is 41.6 Å². The van der Waals surface area contributed by atoms with E-state index in [9.17, 15) is 4.79 Å². The lowest BCUT2D eigenvalue weighted by Gasteiger charge is -2.26. The lowest BCUT2D eigenvalue weighted by atomic mass is 10.1. The van der Waals surface area contributed by atoms with Crippen LogP contribution in [0.5, 0.6) is 0 Å². The summed E-state index contributed by atoms with van der Waals surface area (Å²) >= 11 is 7.63. The standard InChI is InChI=1S/C17H27ClN2O2S/c1-12(14-7-8-15(18)23-14)19-13-6-5-10-20(11-9-13)16(21)22-17(2,3)4/h7-8,12-13,19H,5-6,9-11H2,1-4H3. The molecule has 1 N–H and O–H groups in total. The summed E-state index contributed by atoms with van der Waals surface area (Å²) < 4.78 is 6.30. The van der Waals surface area contributed by atoms with E-state index in [1.807, 2.05) is 31.7 Å². The number of amides is 1. The summed E-state index contributed by atoms with van der Waals surface area (Å²) in [5, 5.41) is 3.67. The normalized spacial score (nSPS) is 20.9. The number of nitrogens with one attached hydrogen (secondary N) is 1. The minimum Gasteiger partial charge on any atom is -0.444 e. The molecule has 0 bridgehead atoms. The highest BCUT2D eigenvalue weighted by Gasteiger charge is 2.25. The van der Waals surface area contributed by atoms with Crippen molar-refractivity contribution >= 4 is 29.0 Å². The zero-order valence-electron chi connectivity index (χ0n) is 14.4. The number of likely N-dealkylation sites (tertiary alicyclic amines) is 1. The van der Waals surface area contributed by atoms with Gasteiger partial charge in [0.15, 0.2) is 0 Å². The summed E-state index contributed by atoms with van der Waals surface area (Å²) in [4.78, 5) is 15.3. The highest BCUT2D eigenvalue weighted by atomic mass is 35.5. The van der Waals surface area contributed by atoms with Gasteiger partial charge in [-0.1, -0.05) is 11.6 Å². The molecule has 1 amide bonds. The highest BCUT2D eigenvalue weighted by Crippen LogP contribution is 2.27. The van der Waals surface area contributed by atoms with Gasteiger partial charge < -0.3 is 15.0 Å². The van der Waals surface area contributed by atoms with Gasteiger partial charge in [0.25, 0.3) is 0 Å². The molecular weight excluding hydrogens is 332 g/mol. The van der Waals surface area contributed by atoms with Crippen LogP contribution in [-0.2, 0) is 4.74 Å². The van der Waals surface area contributed by atoms with Gasteiger partial charge in [-0.15, -0.1) is 11.3 Å². The van der Waals surface area contributed by atoms with Crippen molar-refractivity contribution in [3.63, 3.8) is 0 Å². The van der Waals surface area contributed by atoms with Crippen molar-refractivity contribution in [1.82, 2.24) is 10.2 Å². The molecule has 1 saturated heterocycles. The number of hydrogen-bond acceptors (Lipinski definition) is 4. The van der Waals surface area contributed by atoms with Crippen LogP contribution in [0.25, 0.3) is 0 Å². The molecule has 0 saturated carbocycles. The van der Waals surface area contributed by atoms with E-state index in [1.165, 1.54) is 4.88 Å². The maximum absolute atomic E-state index is 12.2. The van der Waals surface area contributed by atoms with Gasteiger partial charge in [0.1, 0.15) is 5.60 Å². The SMILES string of the molecule is CC(NC1CCCN(C(=O)OC(C)(C)C)CC1)c1ccc(Cl)s1. The molecule has 1 aliphatic heterocycles. The smallest absolute Gasteiger partial charge is 0.410 e. The van der Waals surface area contributed by atoms with Crippen molar-refractivity contribution in [2.24, 2.45) is 0 Å². The molecule has 1 aliphatic rings. The van der Waals surface area contributed by atoms with Crippen molar-refractivity contribution in [1.29, 1.82) is 0 Å². The van der Waals surface area contributed by atoms with E-state index >= 15 is 0 Å². The fourth-order valence-electron chi connectivity index (χ4n) is 2.77. The van der Waals surface area contributed by atoms with Crippen LogP contribution >= 0.6 is 22.9 Å². The molecule has 0 aromatic carbocycles. The first-order chi connectivity index (χ1) is 10.7. The number of hydrogen-bond donors (Lipinski definition) is 1. The van der Waals surface area contributed by atoms with E-state index in [2.05, 4.69) is 18.3 Å². The largest absolute Gasteiger partial charge is 0.444 e. The Balaban J connectivity index is 1.85. The van der Waals surface area contributed by atoms with E-state index in [-0.39, 0.29) is 12.1 Å². The molecule has 0 aliphatic carbocycles. The summed E-state index contributed by atoms with van der Waals surface area (Å²) in [6, 6.07) is 4.72. The van der Waals surface area contributed by atoms with E-state index in [4.69, 9.17) is 16.3 Å². The predicted octanol–water partition coefficient (Wildman–Crippen LogP) is 4.84. The first-order valence-corrected chi connectivity index (χ1v) is 9.43. The summed E-state index contributed by atoms with van der Waals surface area (Å²) in [5.41, 5.74) is -0.437. The second kappa shape index (κ2) is 7.86. The van der Waals surface area contributed by atoms with Gasteiger partial charge in [-0.2, -0.15) is 0 Å². The van der Waals surface area contributed by atoms with Crippen LogP contribution in [0.3, 0.4) is 0 Å². The van der Waals surface area contributed by atoms with Gasteiger partial charge in [-0.3, -0.25) is 0 Å². The van der Waals surface area contributed by atoms with Crippen LogP contribution in [0, 0.1) is 0 Å². The van der Waals surface area contributed by atoms with Gasteiger partial charge in [-0.25, -0.2) is 4.79 Å². The molecule has 23 heavy (non-hydrogen) atoms. The van der Waals surface area contributed by atoms with Crippen LogP contribution in [-0.4, -0.2) is 35.7 Å². The van der Waals surface area contributed by atoms with Crippen LogP contribution in [0.4, 0.5) is 4.79 Å². The molecule has 2 heterocycles. The molecule has 0 spiro atoms. The molecule has 1 fully saturated rings. The lowest BCUT2D eigenvalue weighted by molar-refractivity contribution is 0.0256. The van der Waals surface area contributed by atoms with E-state index in [0.29, 0.717) is 6.04 Å². The zero-order valence-corrected chi connectivity index (χ0v) is 16.0. The molecular formula is C17H27ClN2O2S. The van der Waals surface area contributed by atoms with Crippen LogP contribution in [0.1, 0.15) is 57.9 Å². The summed E-state index contributed by atoms with van der Waals surface area (Å²) in [6.45, 7) is 9.39. The molecule has 2 rings (SSSR count). The fraction of sp³-hybridized carbons (Fsp3) is 0.706. The first kappa shape index (κ1) is 18.6. The summed E-state index contributed by atoms with van der Waals surface area (Å²) in [7, 11) is 0. The van der Waals surface area contributed by atoms with Gasteiger partial charge >= 0.3 is 6.09 Å². The Hall–Kier alpha value is -0.780. The Labute approximate surface area is 148 Å². The molecule has 6 heteroatoms. The fourth-order valence-corrected chi connectivity index (χ4v) is 3.84. The van der Waals surface area contributed by atoms with Crippen molar-refractivity contribution in [3.05, 3.63) is 21.3 Å². The number of carbonyl (C=O) groups excluding carboxylic acids is 1. The molecule has 1 aromatic heterocycles. The zero-order chi connectivity index (χ0) is 17.0. The van der Waals surface area contributed by atoms with Crippen molar-refractivity contribution in [3.8, 4) is 0 Å². The second-order valence-electron chi connectivity index (χ2n) is 7.13. The van der Waals surface area contributed by atoms with Gasteiger partial charge in [-0.05, 0) is 59.1 Å². The maximum Gasteiger partial charge on any atom is 0.410 e. The van der Waals surface area contributed by atoms with Crippen molar-refractivity contribution in [2.45, 2.75) is 64.6 Å². The average molecular weight is 359 g/mol. The monoisotopic (exact) mass is 358 g/mol. The quantitative estimate of drug-likeness (QED) is 0.840. The molecule has 4 nitrogen and oxygen atoms in total. The van der Waals surface area contributed by atoms with Crippen LogP contribution < -0.4 is 5.32 Å². The number of halogens is 1. The number of rotatable bonds is 3. The van der Waals surface area contributed by atoms with Gasteiger partial charge in [0.05, 0.1) is 4.34 Å². The van der Waals surface area contributed by atoms with E-state index in [0.717, 1.165) is 36.7 Å². The van der Waals surface area contributed by atoms with Gasteiger partial charge in [0, 0.05) is 30.1 Å². The number of ether oxygens (including phenoxy) is 1. The molecule has 130 valence electrons. The second-order valence-corrected chi connectivity index (χ2v) is 8.87. The third-order valence-corrected chi connectivity index (χ3v) is 5.30. The third-order valence-electron chi connectivity index (χ3n) is 3.89. The minimum absolute atomic E-state index is 0.198. The van der Waals surface area contributed by atoms with Crippen molar-refractivity contribution < 1.29 is 9.53 Å². The van der Waals surface area contributed by atoms with Crippen LogP contribution in [0.15, 0.2) is 12.1 Å². The summed E-state index contributed by atoms with van der Waals surface area (Å²) in [6.07, 6.45) is 2.82. The number of carbonyl (C=O) groups is 1. The number of thiophene rings is 1. The molecule has 2 unspecified atom stereocenters. The van der Waals surface area contributed by atoms with Crippen molar-refractivity contribution in [2.75, 3.05) is 13.1 Å². The Kier molecular flexibility index (Phi) is 6.34. The number of nitrogens with zero attached hydrogens (tertiary/aromatic N) is 1. The Morgan fingerprint density at radius 3 is 2.74 bits per heavy atom. The van der Waals surface area contributed by atoms with E-state index < -0.39 is 5.60 Å². The Morgan fingerprint density at radius 2 is 2.13 bits per heavy atom. The Bertz CT molecular complexity index is 527. The molecule has 2 atom stereocenters. The third kappa shape index (κ3) is 5.98. The summed E-state index contributed by atoms with van der Waals surface area (Å²) in [5.74, 6) is 0. The predicted molar refractivity (Wildman–Crippen MR) is 96.3 cm³/mol. The first-order valence-electron chi connectivity index (χ1n) is 8.24. The van der Waals surface area contributed by atoms with E-state index in [1.54, 1.807) is 11.3 Å². The average Bonchev–Trinajstić information content (AvgIpc) is 2.73. The highest BCUT2D eigenvalue weighted by molar-refractivity contribution is 7.16. The molecule has 1 aromatic rings. The van der Waals surface area contributed by atoms with Gasteiger partial charge in [0.2, 0.25) is 0 Å². The Morgan fingerprint density at radius 1 is 1.39 bits per heavy atom. The maximum atomic E-state index is 12.2.